The van der Waals surface area contributed by atoms with Crippen LogP contribution >= 0.6 is 28.6 Å². The Morgan fingerprint density at radius 3 is 3.09 bits per heavy atom. The van der Waals surface area contributed by atoms with Gasteiger partial charge in [0.15, 0.2) is 0 Å². The first-order valence-corrected chi connectivity index (χ1v) is 4.33. The summed E-state index contributed by atoms with van der Waals surface area (Å²) in [6.45, 7) is 0. The van der Waals surface area contributed by atoms with E-state index < -0.39 is 0 Å². The van der Waals surface area contributed by atoms with Crippen LogP contribution in [0.5, 0.6) is 0 Å². The quantitative estimate of drug-likeness (QED) is 0.686. The molecule has 2 heterocycles. The molecule has 0 N–H and O–H groups in total. The molecule has 2 aromatic rings. The lowest BCUT2D eigenvalue weighted by Gasteiger charge is -1.94. The Kier molecular flexibility index (Phi) is 1.65. The Hall–Kier alpha value is -0.480. The van der Waals surface area contributed by atoms with Crippen molar-refractivity contribution in [3.05, 3.63) is 29.0 Å². The fourth-order valence-corrected chi connectivity index (χ4v) is 1.50. The van der Waals surface area contributed by atoms with Crippen molar-refractivity contribution < 1.29 is 0 Å². The van der Waals surface area contributed by atoms with Gasteiger partial charge in [-0.25, -0.2) is 4.98 Å². The van der Waals surface area contributed by atoms with Gasteiger partial charge in [-0.1, -0.05) is 0 Å². The summed E-state index contributed by atoms with van der Waals surface area (Å²) >= 11 is 7.60. The fourth-order valence-electron chi connectivity index (χ4n) is 0.942. The topological polar surface area (TPSA) is 17.3 Å². The molecular formula is C7H5BrN2S. The van der Waals surface area contributed by atoms with Crippen molar-refractivity contribution in [3.63, 3.8) is 0 Å². The lowest BCUT2D eigenvalue weighted by atomic mass is 10.5. The van der Waals surface area contributed by atoms with E-state index in [0.29, 0.717) is 0 Å². The van der Waals surface area contributed by atoms with Gasteiger partial charge in [0.1, 0.15) is 5.65 Å². The Morgan fingerprint density at radius 1 is 1.45 bits per heavy atom. The van der Waals surface area contributed by atoms with Crippen LogP contribution in [0.15, 0.2) is 34.0 Å². The van der Waals surface area contributed by atoms with Gasteiger partial charge >= 0.3 is 0 Å². The van der Waals surface area contributed by atoms with Gasteiger partial charge in [0.05, 0.1) is 11.2 Å². The standard InChI is InChI=1S/C7H5BrN2S/c8-5-1-2-6-9-3-7(11)10(6)4-5/h1-4,11H. The summed E-state index contributed by atoms with van der Waals surface area (Å²) in [5.41, 5.74) is 0.915. The van der Waals surface area contributed by atoms with Gasteiger partial charge < -0.3 is 0 Å². The minimum atomic E-state index is 0.848. The number of rotatable bonds is 0. The number of fused-ring (bicyclic) bond motifs is 1. The normalized spacial score (nSPS) is 10.7. The van der Waals surface area contributed by atoms with Crippen molar-refractivity contribution in [2.24, 2.45) is 0 Å². The number of thiol groups is 1. The molecule has 2 aromatic heterocycles. The molecule has 4 heteroatoms. The molecule has 0 radical (unpaired) electrons. The number of halogens is 1. The number of pyridine rings is 1. The Morgan fingerprint density at radius 2 is 2.27 bits per heavy atom. The van der Waals surface area contributed by atoms with Gasteiger partial charge in [0.25, 0.3) is 0 Å². The highest BCUT2D eigenvalue weighted by molar-refractivity contribution is 9.10. The van der Waals surface area contributed by atoms with Crippen molar-refractivity contribution in [1.29, 1.82) is 0 Å². The Labute approximate surface area is 77.8 Å². The summed E-state index contributed by atoms with van der Waals surface area (Å²) in [6.07, 6.45) is 3.66. The number of imidazole rings is 1. The molecule has 11 heavy (non-hydrogen) atoms. The largest absolute Gasteiger partial charge is 0.294 e. The Balaban J connectivity index is 2.87. The number of aromatic nitrogens is 2. The summed E-state index contributed by atoms with van der Waals surface area (Å²) < 4.78 is 2.94. The van der Waals surface area contributed by atoms with Crippen LogP contribution in [-0.2, 0) is 0 Å². The first-order valence-electron chi connectivity index (χ1n) is 3.09. The molecule has 0 spiro atoms. The first-order chi connectivity index (χ1) is 5.27. The van der Waals surface area contributed by atoms with Gasteiger partial charge in [-0.3, -0.25) is 4.40 Å². The van der Waals surface area contributed by atoms with Crippen LogP contribution in [-0.4, -0.2) is 9.38 Å². The monoisotopic (exact) mass is 228 g/mol. The highest BCUT2D eigenvalue weighted by Crippen LogP contribution is 2.14. The van der Waals surface area contributed by atoms with Crippen molar-refractivity contribution in [1.82, 2.24) is 9.38 Å². The van der Waals surface area contributed by atoms with Crippen LogP contribution < -0.4 is 0 Å². The average Bonchev–Trinajstić information content (AvgIpc) is 2.33. The van der Waals surface area contributed by atoms with Gasteiger partial charge in [-0.05, 0) is 28.1 Å². The van der Waals surface area contributed by atoms with Gasteiger partial charge in [0.2, 0.25) is 0 Å². The molecule has 0 aliphatic rings. The summed E-state index contributed by atoms with van der Waals surface area (Å²) in [6, 6.07) is 3.89. The van der Waals surface area contributed by atoms with Crippen molar-refractivity contribution in [2.75, 3.05) is 0 Å². The zero-order chi connectivity index (χ0) is 7.84. The van der Waals surface area contributed by atoms with Crippen molar-refractivity contribution in [3.8, 4) is 0 Å². The summed E-state index contributed by atoms with van der Waals surface area (Å²) in [4.78, 5) is 4.13. The van der Waals surface area contributed by atoms with E-state index >= 15 is 0 Å². The van der Waals surface area contributed by atoms with E-state index in [9.17, 15) is 0 Å². The van der Waals surface area contributed by atoms with Crippen molar-refractivity contribution in [2.45, 2.75) is 5.03 Å². The molecule has 0 saturated carbocycles. The molecule has 0 aliphatic heterocycles. The van der Waals surface area contributed by atoms with E-state index in [1.54, 1.807) is 6.20 Å². The first kappa shape index (κ1) is 7.18. The van der Waals surface area contributed by atoms with Crippen LogP contribution in [0, 0.1) is 0 Å². The fraction of sp³-hybridized carbons (Fsp3) is 0. The van der Waals surface area contributed by atoms with E-state index in [1.165, 1.54) is 0 Å². The average molecular weight is 229 g/mol. The highest BCUT2D eigenvalue weighted by Gasteiger charge is 1.97. The number of hydrogen-bond acceptors (Lipinski definition) is 2. The van der Waals surface area contributed by atoms with E-state index in [0.717, 1.165) is 15.1 Å². The summed E-state index contributed by atoms with van der Waals surface area (Å²) in [5, 5.41) is 0.848. The SMILES string of the molecule is Sc1cnc2ccc(Br)cn12. The molecule has 0 aromatic carbocycles. The maximum absolute atomic E-state index is 4.23. The van der Waals surface area contributed by atoms with Crippen LogP contribution in [0.4, 0.5) is 0 Å². The predicted octanol–water partition coefficient (Wildman–Crippen LogP) is 2.39. The molecule has 56 valence electrons. The van der Waals surface area contributed by atoms with Crippen LogP contribution in [0.1, 0.15) is 0 Å². The molecule has 2 nitrogen and oxygen atoms in total. The van der Waals surface area contributed by atoms with Gasteiger partial charge in [0, 0.05) is 10.7 Å². The van der Waals surface area contributed by atoms with Gasteiger partial charge in [-0.15, -0.1) is 12.6 Å². The maximum Gasteiger partial charge on any atom is 0.137 e. The second kappa shape index (κ2) is 2.53. The summed E-state index contributed by atoms with van der Waals surface area (Å²) in [5.74, 6) is 0. The molecular weight excluding hydrogens is 224 g/mol. The van der Waals surface area contributed by atoms with E-state index in [2.05, 4.69) is 33.5 Å². The van der Waals surface area contributed by atoms with E-state index in [-0.39, 0.29) is 0 Å². The third kappa shape index (κ3) is 1.16. The molecule has 0 unspecified atom stereocenters. The highest BCUT2D eigenvalue weighted by atomic mass is 79.9. The van der Waals surface area contributed by atoms with Crippen LogP contribution in [0.25, 0.3) is 5.65 Å². The van der Waals surface area contributed by atoms with Crippen LogP contribution in [0.3, 0.4) is 0 Å². The molecule has 2 rings (SSSR count). The molecule has 0 atom stereocenters. The minimum Gasteiger partial charge on any atom is -0.294 e. The smallest absolute Gasteiger partial charge is 0.137 e. The minimum absolute atomic E-state index is 0.848. The third-order valence-electron chi connectivity index (χ3n) is 1.45. The number of hydrogen-bond donors (Lipinski definition) is 1. The predicted molar refractivity (Wildman–Crippen MR) is 50.1 cm³/mol. The van der Waals surface area contributed by atoms with E-state index in [1.807, 2.05) is 22.7 Å². The van der Waals surface area contributed by atoms with Gasteiger partial charge in [-0.2, -0.15) is 0 Å². The van der Waals surface area contributed by atoms with Crippen LogP contribution in [0.2, 0.25) is 0 Å². The molecule has 0 fully saturated rings. The second-order valence-corrected chi connectivity index (χ2v) is 3.57. The summed E-state index contributed by atoms with van der Waals surface area (Å²) in [7, 11) is 0. The molecule has 0 aliphatic carbocycles. The molecule has 0 saturated heterocycles. The second-order valence-electron chi connectivity index (χ2n) is 2.19. The zero-order valence-electron chi connectivity index (χ0n) is 5.53. The lowest BCUT2D eigenvalue weighted by Crippen LogP contribution is -1.83. The number of nitrogens with zero attached hydrogens (tertiary/aromatic N) is 2. The van der Waals surface area contributed by atoms with E-state index in [4.69, 9.17) is 0 Å². The maximum atomic E-state index is 4.23. The zero-order valence-corrected chi connectivity index (χ0v) is 8.01. The third-order valence-corrected chi connectivity index (χ3v) is 2.25. The Bertz CT molecular complexity index is 396. The molecule has 0 amide bonds. The van der Waals surface area contributed by atoms with Crippen molar-refractivity contribution >= 4 is 34.2 Å². The molecule has 0 bridgehead atoms. The lowest BCUT2D eigenvalue weighted by molar-refractivity contribution is 1.05.